The molecule has 1 aromatic carbocycles. The van der Waals surface area contributed by atoms with E-state index in [0.29, 0.717) is 24.4 Å². The number of fused-ring (bicyclic) bond motifs is 2. The molecule has 1 aromatic heterocycles. The molecular formula is C30H36ClFN2O3. The highest BCUT2D eigenvalue weighted by atomic mass is 35.5. The molecule has 3 aliphatic carbocycles. The number of likely N-dealkylation sites (N-methyl/N-ethyl adjacent to an activating group) is 1. The Bertz CT molecular complexity index is 1320. The molecule has 2 spiro atoms. The van der Waals surface area contributed by atoms with Crippen LogP contribution in [0.4, 0.5) is 4.39 Å². The van der Waals surface area contributed by atoms with E-state index in [2.05, 4.69) is 36.2 Å². The molecule has 2 aliphatic heterocycles. The van der Waals surface area contributed by atoms with Crippen LogP contribution < -0.4 is 0 Å². The number of halogens is 2. The zero-order valence-electron chi connectivity index (χ0n) is 21.8. The highest BCUT2D eigenvalue weighted by molar-refractivity contribution is 6.34. The van der Waals surface area contributed by atoms with Crippen LogP contribution in [0.1, 0.15) is 57.4 Å². The lowest BCUT2D eigenvalue weighted by Crippen LogP contribution is -2.72. The van der Waals surface area contributed by atoms with Gasteiger partial charge in [0.1, 0.15) is 16.4 Å². The Morgan fingerprint density at radius 3 is 2.68 bits per heavy atom. The number of nitrogens with zero attached hydrogens (tertiary/aromatic N) is 2. The Balaban J connectivity index is 1.27. The van der Waals surface area contributed by atoms with Crippen molar-refractivity contribution in [2.24, 2.45) is 17.3 Å². The molecule has 2 N–H and O–H groups in total. The van der Waals surface area contributed by atoms with E-state index in [0.717, 1.165) is 35.6 Å². The molecule has 2 saturated heterocycles. The van der Waals surface area contributed by atoms with Crippen molar-refractivity contribution in [1.29, 1.82) is 0 Å². The average Bonchev–Trinajstić information content (AvgIpc) is 3.40. The number of pyridine rings is 1. The molecule has 0 amide bonds. The quantitative estimate of drug-likeness (QED) is 0.529. The van der Waals surface area contributed by atoms with Crippen molar-refractivity contribution in [3.63, 3.8) is 0 Å². The third kappa shape index (κ3) is 3.02. The molecule has 37 heavy (non-hydrogen) atoms. The monoisotopic (exact) mass is 526 g/mol. The second-order valence-electron chi connectivity index (χ2n) is 12.9. The van der Waals surface area contributed by atoms with Crippen molar-refractivity contribution < 1.29 is 19.3 Å². The number of ether oxygens (including phenoxy) is 1. The van der Waals surface area contributed by atoms with Crippen molar-refractivity contribution in [2.75, 3.05) is 14.1 Å². The lowest BCUT2D eigenvalue weighted by Gasteiger charge is -2.64. The maximum absolute atomic E-state index is 17.2. The Morgan fingerprint density at radius 1 is 1.08 bits per heavy atom. The van der Waals surface area contributed by atoms with Gasteiger partial charge in [0.15, 0.2) is 0 Å². The van der Waals surface area contributed by atoms with E-state index in [1.807, 2.05) is 25.1 Å². The van der Waals surface area contributed by atoms with Gasteiger partial charge in [-0.25, -0.2) is 9.37 Å². The van der Waals surface area contributed by atoms with Gasteiger partial charge in [0.2, 0.25) is 0 Å². The van der Waals surface area contributed by atoms with Gasteiger partial charge < -0.3 is 19.8 Å². The largest absolute Gasteiger partial charge is 0.390 e. The Morgan fingerprint density at radius 2 is 1.89 bits per heavy atom. The zero-order chi connectivity index (χ0) is 26.0. The van der Waals surface area contributed by atoms with E-state index in [1.54, 1.807) is 6.20 Å². The Labute approximate surface area is 222 Å². The minimum atomic E-state index is -1.51. The van der Waals surface area contributed by atoms with Crippen LogP contribution in [0.25, 0.3) is 16.3 Å². The first-order chi connectivity index (χ1) is 17.5. The van der Waals surface area contributed by atoms with Crippen LogP contribution in [0, 0.1) is 17.3 Å². The van der Waals surface area contributed by atoms with E-state index in [1.165, 1.54) is 5.57 Å². The lowest BCUT2D eigenvalue weighted by molar-refractivity contribution is -0.314. The van der Waals surface area contributed by atoms with E-state index >= 15 is 4.39 Å². The number of hydrogen-bond acceptors (Lipinski definition) is 5. The lowest BCUT2D eigenvalue weighted by atomic mass is 9.51. The molecule has 3 heterocycles. The number of aliphatic hydroxyl groups is 2. The Hall–Kier alpha value is -1.57. The van der Waals surface area contributed by atoms with Gasteiger partial charge in [-0.05, 0) is 93.1 Å². The van der Waals surface area contributed by atoms with E-state index in [9.17, 15) is 10.2 Å². The SMILES string of the molecule is CN(C)C1CC23CCC4(O2)C2CC=C(c5ccc6ccnc(Cl)c6c5)C2(C)CCC4(F)CC3C(O)C1O. The van der Waals surface area contributed by atoms with Crippen molar-refractivity contribution >= 4 is 27.9 Å². The van der Waals surface area contributed by atoms with Gasteiger partial charge in [-0.2, -0.15) is 0 Å². The van der Waals surface area contributed by atoms with E-state index < -0.39 is 29.1 Å². The van der Waals surface area contributed by atoms with Crippen molar-refractivity contribution in [2.45, 2.75) is 87.0 Å². The van der Waals surface area contributed by atoms with Gasteiger partial charge in [0, 0.05) is 29.5 Å². The number of hydrogen-bond donors (Lipinski definition) is 2. The average molecular weight is 527 g/mol. The zero-order valence-corrected chi connectivity index (χ0v) is 22.5. The van der Waals surface area contributed by atoms with Gasteiger partial charge in [-0.1, -0.05) is 36.7 Å². The van der Waals surface area contributed by atoms with Crippen LogP contribution in [0.2, 0.25) is 5.15 Å². The summed E-state index contributed by atoms with van der Waals surface area (Å²) in [6, 6.07) is 8.14. The summed E-state index contributed by atoms with van der Waals surface area (Å²) in [5.41, 5.74) is -0.805. The first-order valence-electron chi connectivity index (χ1n) is 13.7. The smallest absolute Gasteiger partial charge is 0.140 e. The minimum Gasteiger partial charge on any atom is -0.390 e. The van der Waals surface area contributed by atoms with Gasteiger partial charge in [-0.3, -0.25) is 0 Å². The van der Waals surface area contributed by atoms with E-state index in [4.69, 9.17) is 16.3 Å². The second-order valence-corrected chi connectivity index (χ2v) is 13.3. The fourth-order valence-corrected chi connectivity index (χ4v) is 9.53. The maximum Gasteiger partial charge on any atom is 0.140 e. The summed E-state index contributed by atoms with van der Waals surface area (Å²) in [5.74, 6) is -0.358. The van der Waals surface area contributed by atoms with Crippen LogP contribution in [0.3, 0.4) is 0 Å². The molecule has 5 aliphatic rings. The second kappa shape index (κ2) is 7.76. The third-order valence-electron chi connectivity index (χ3n) is 11.2. The topological polar surface area (TPSA) is 65.8 Å². The van der Waals surface area contributed by atoms with Gasteiger partial charge >= 0.3 is 0 Å². The number of aliphatic hydroxyl groups excluding tert-OH is 2. The first-order valence-corrected chi connectivity index (χ1v) is 14.1. The van der Waals surface area contributed by atoms with Crippen molar-refractivity contribution in [1.82, 2.24) is 9.88 Å². The molecule has 5 nitrogen and oxygen atoms in total. The number of benzene rings is 1. The number of allylic oxidation sites excluding steroid dienone is 2. The highest BCUT2D eigenvalue weighted by Crippen LogP contribution is 2.72. The molecule has 9 unspecified atom stereocenters. The minimum absolute atomic E-state index is 0.0240. The molecule has 2 saturated carbocycles. The van der Waals surface area contributed by atoms with Crippen molar-refractivity contribution in [3.8, 4) is 0 Å². The molecule has 9 atom stereocenters. The molecule has 7 heteroatoms. The van der Waals surface area contributed by atoms with Gasteiger partial charge in [-0.15, -0.1) is 0 Å². The fraction of sp³-hybridized carbons (Fsp3) is 0.633. The van der Waals surface area contributed by atoms with Crippen molar-refractivity contribution in [3.05, 3.63) is 47.3 Å². The summed E-state index contributed by atoms with van der Waals surface area (Å²) in [4.78, 5) is 6.25. The summed E-state index contributed by atoms with van der Waals surface area (Å²) in [7, 11) is 3.86. The fourth-order valence-electron chi connectivity index (χ4n) is 9.31. The summed E-state index contributed by atoms with van der Waals surface area (Å²) in [6.45, 7) is 2.29. The van der Waals surface area contributed by atoms with Crippen LogP contribution in [-0.4, -0.2) is 69.3 Å². The predicted molar refractivity (Wildman–Crippen MR) is 142 cm³/mol. The molecule has 0 radical (unpaired) electrons. The van der Waals surface area contributed by atoms with Gasteiger partial charge in [0.25, 0.3) is 0 Å². The third-order valence-corrected chi connectivity index (χ3v) is 11.5. The number of aromatic nitrogens is 1. The van der Waals surface area contributed by atoms with E-state index in [-0.39, 0.29) is 29.7 Å². The van der Waals surface area contributed by atoms with Crippen LogP contribution in [0.15, 0.2) is 36.5 Å². The summed E-state index contributed by atoms with van der Waals surface area (Å²) >= 11 is 6.45. The Kier molecular flexibility index (Phi) is 5.13. The molecular weight excluding hydrogens is 491 g/mol. The normalized spacial score (nSPS) is 46.5. The standard InChI is InChI=1S/C30H36ClFN2O3/c1-27-9-11-29(32)15-21-24(35)25(36)22(34(2)3)16-28(21)10-12-30(29,37-28)23(27)7-6-20(27)18-5-4-17-8-13-33-26(31)19(17)14-18/h4-6,8,13-14,21-25,35-36H,7,9-12,15-16H2,1-3H3. The highest BCUT2D eigenvalue weighted by Gasteiger charge is 2.77. The molecule has 198 valence electrons. The number of alkyl halides is 1. The molecule has 2 aromatic rings. The summed E-state index contributed by atoms with van der Waals surface area (Å²) in [5, 5.41) is 24.6. The summed E-state index contributed by atoms with van der Waals surface area (Å²) < 4.78 is 24.3. The molecule has 7 rings (SSSR count). The maximum atomic E-state index is 17.2. The molecule has 2 bridgehead atoms. The van der Waals surface area contributed by atoms with Gasteiger partial charge in [0.05, 0.1) is 17.8 Å². The first kappa shape index (κ1) is 24.5. The molecule has 4 fully saturated rings. The van der Waals surface area contributed by atoms with Crippen LogP contribution in [0.5, 0.6) is 0 Å². The number of rotatable bonds is 2. The summed E-state index contributed by atoms with van der Waals surface area (Å²) in [6.07, 6.45) is 6.35. The van der Waals surface area contributed by atoms with Crippen LogP contribution in [-0.2, 0) is 4.74 Å². The van der Waals surface area contributed by atoms with Crippen LogP contribution >= 0.6 is 11.6 Å². The predicted octanol–water partition coefficient (Wildman–Crippen LogP) is 5.16.